The Morgan fingerprint density at radius 1 is 1.04 bits per heavy atom. The Bertz CT molecular complexity index is 359. The van der Waals surface area contributed by atoms with E-state index in [2.05, 4.69) is 82.0 Å². The van der Waals surface area contributed by atoms with Gasteiger partial charge in [-0.25, -0.2) is 0 Å². The highest BCUT2D eigenvalue weighted by Crippen LogP contribution is 2.06. The zero-order valence-electron chi connectivity index (χ0n) is 17.8. The van der Waals surface area contributed by atoms with Crippen molar-refractivity contribution in [3.63, 3.8) is 0 Å². The van der Waals surface area contributed by atoms with Crippen molar-refractivity contribution in [2.75, 3.05) is 0 Å². The second-order valence-corrected chi connectivity index (χ2v) is 8.11. The lowest BCUT2D eigenvalue weighted by Gasteiger charge is -2.00. The maximum atomic E-state index is 9.44. The predicted octanol–water partition coefficient (Wildman–Crippen LogP) is 6.98. The van der Waals surface area contributed by atoms with Crippen LogP contribution < -0.4 is 5.30 Å². The van der Waals surface area contributed by atoms with Crippen molar-refractivity contribution in [2.45, 2.75) is 88.0 Å². The topological polar surface area (TPSA) is 17.1 Å². The molecular weight excluding hydrogens is 311 g/mol. The van der Waals surface area contributed by atoms with Crippen LogP contribution in [0.2, 0.25) is 0 Å². The summed E-state index contributed by atoms with van der Waals surface area (Å²) < 4.78 is 0. The number of rotatable bonds is 4. The van der Waals surface area contributed by atoms with Gasteiger partial charge in [0.1, 0.15) is 5.78 Å². The molecule has 1 nitrogen and oxygen atoms in total. The van der Waals surface area contributed by atoms with E-state index in [9.17, 15) is 4.79 Å². The second kappa shape index (κ2) is 20.4. The van der Waals surface area contributed by atoms with Crippen molar-refractivity contribution in [1.29, 1.82) is 0 Å². The summed E-state index contributed by atoms with van der Waals surface area (Å²) in [6.07, 6.45) is 5.60. The van der Waals surface area contributed by atoms with E-state index in [0.29, 0.717) is 0 Å². The zero-order chi connectivity index (χ0) is 19.5. The van der Waals surface area contributed by atoms with Crippen LogP contribution in [0.15, 0.2) is 24.3 Å². The summed E-state index contributed by atoms with van der Waals surface area (Å²) in [5, 5.41) is 1.25. The van der Waals surface area contributed by atoms with Crippen LogP contribution in [0.25, 0.3) is 0 Å². The van der Waals surface area contributed by atoms with E-state index in [1.54, 1.807) is 0 Å². The zero-order valence-corrected chi connectivity index (χ0v) is 18.9. The van der Waals surface area contributed by atoms with E-state index in [0.717, 1.165) is 11.8 Å². The van der Waals surface area contributed by atoms with E-state index in [4.69, 9.17) is 0 Å². The Balaban J connectivity index is -0.000000260. The monoisotopic (exact) mass is 354 g/mol. The van der Waals surface area contributed by atoms with Gasteiger partial charge in [0.25, 0.3) is 0 Å². The number of ketones is 1. The minimum Gasteiger partial charge on any atom is -0.300 e. The molecule has 1 aromatic rings. The van der Waals surface area contributed by atoms with Gasteiger partial charge in [0.2, 0.25) is 0 Å². The molecular formula is C22H43OP. The highest BCUT2D eigenvalue weighted by Gasteiger charge is 1.90. The van der Waals surface area contributed by atoms with Crippen molar-refractivity contribution in [3.8, 4) is 0 Å². The molecule has 0 radical (unpaired) electrons. The average molecular weight is 355 g/mol. The second-order valence-electron chi connectivity index (χ2n) is 7.44. The number of carbonyl (C=O) groups is 1. The number of hydrogen-bond donors (Lipinski definition) is 0. The fraction of sp³-hybridized carbons (Fsp3) is 0.682. The number of hydrogen-bond acceptors (Lipinski definition) is 1. The van der Waals surface area contributed by atoms with E-state index >= 15 is 0 Å². The smallest absolute Gasteiger partial charge is 0.126 e. The largest absolute Gasteiger partial charge is 0.300 e. The molecule has 0 bridgehead atoms. The van der Waals surface area contributed by atoms with Gasteiger partial charge in [0, 0.05) is 0 Å². The van der Waals surface area contributed by atoms with Gasteiger partial charge in [0.05, 0.1) is 0 Å². The molecule has 1 rings (SSSR count). The first-order valence-corrected chi connectivity index (χ1v) is 9.89. The van der Waals surface area contributed by atoms with E-state index in [1.165, 1.54) is 50.4 Å². The van der Waals surface area contributed by atoms with Gasteiger partial charge in [-0.3, -0.25) is 0 Å². The van der Waals surface area contributed by atoms with Gasteiger partial charge in [-0.15, -0.1) is 9.24 Å². The van der Waals surface area contributed by atoms with Gasteiger partial charge in [-0.05, 0) is 37.9 Å². The molecule has 1 atom stereocenters. The molecule has 0 saturated heterocycles. The normalized spacial score (nSPS) is 9.17. The molecule has 0 aliphatic rings. The number of carbonyl (C=O) groups excluding carboxylic acids is 1. The molecule has 1 aromatic carbocycles. The Morgan fingerprint density at radius 3 is 1.75 bits per heavy atom. The van der Waals surface area contributed by atoms with Gasteiger partial charge in [0.15, 0.2) is 0 Å². The highest BCUT2D eigenvalue weighted by atomic mass is 31.0. The molecule has 142 valence electrons. The Hall–Kier alpha value is -0.680. The first kappa shape index (κ1) is 28.1. The Kier molecular flexibility index (Phi) is 23.9. The summed E-state index contributed by atoms with van der Waals surface area (Å²) in [6, 6.07) is 8.34. The molecule has 0 heterocycles. The summed E-state index contributed by atoms with van der Waals surface area (Å²) in [6.45, 7) is 18.5. The number of unbranched alkanes of at least 4 members (excludes halogenated alkanes) is 2. The highest BCUT2D eigenvalue weighted by molar-refractivity contribution is 7.27. The minimum atomic E-state index is 0.167. The van der Waals surface area contributed by atoms with E-state index in [1.807, 2.05) is 0 Å². The Labute approximate surface area is 155 Å². The fourth-order valence-electron chi connectivity index (χ4n) is 1.47. The summed E-state index contributed by atoms with van der Waals surface area (Å²) in [4.78, 5) is 9.44. The number of aryl methyl sites for hydroxylation is 1. The third-order valence-electron chi connectivity index (χ3n) is 2.43. The lowest BCUT2D eigenvalue weighted by Crippen LogP contribution is -1.87. The van der Waals surface area contributed by atoms with Crippen LogP contribution in [0.5, 0.6) is 0 Å². The molecule has 0 saturated carbocycles. The third kappa shape index (κ3) is 42.9. The summed E-state index contributed by atoms with van der Waals surface area (Å²) >= 11 is 0. The van der Waals surface area contributed by atoms with Crippen LogP contribution in [0.4, 0.5) is 0 Å². The van der Waals surface area contributed by atoms with Crippen molar-refractivity contribution in [2.24, 2.45) is 11.8 Å². The van der Waals surface area contributed by atoms with Gasteiger partial charge >= 0.3 is 0 Å². The lowest BCUT2D eigenvalue weighted by molar-refractivity contribution is -0.114. The maximum absolute atomic E-state index is 9.44. The van der Waals surface area contributed by atoms with Crippen LogP contribution >= 0.6 is 9.24 Å². The van der Waals surface area contributed by atoms with Crippen LogP contribution in [-0.4, -0.2) is 5.78 Å². The Morgan fingerprint density at radius 2 is 1.50 bits per heavy atom. The molecule has 1 unspecified atom stereocenters. The van der Waals surface area contributed by atoms with E-state index < -0.39 is 0 Å². The molecule has 0 aliphatic carbocycles. The van der Waals surface area contributed by atoms with Crippen molar-refractivity contribution >= 4 is 20.3 Å². The third-order valence-corrected chi connectivity index (χ3v) is 2.79. The fourth-order valence-corrected chi connectivity index (χ4v) is 1.85. The maximum Gasteiger partial charge on any atom is 0.126 e. The molecule has 0 aliphatic heterocycles. The number of benzene rings is 1. The SMILES string of the molecule is CC(C)=O.CC(C)C.CCCCCC(C)C.Cc1cccc(P)c1. The molecule has 0 aromatic heterocycles. The van der Waals surface area contributed by atoms with Crippen molar-refractivity contribution < 1.29 is 4.79 Å². The quantitative estimate of drug-likeness (QED) is 0.421. The standard InChI is InChI=1S/C8H18.C7H9P.C4H10.C3H6O/c1-4-5-6-7-8(2)3;1-6-3-2-4-7(8)5-6;1-4(2)3;1-3(2)4/h8H,4-7H2,1-3H3;2-5H,8H2,1H3;4H,1-3H3;1-2H3. The molecule has 0 spiro atoms. The lowest BCUT2D eigenvalue weighted by atomic mass is 10.1. The van der Waals surface area contributed by atoms with Crippen molar-refractivity contribution in [3.05, 3.63) is 29.8 Å². The van der Waals surface area contributed by atoms with Gasteiger partial charge in [-0.1, -0.05) is 97.1 Å². The average Bonchev–Trinajstić information content (AvgIpc) is 2.37. The molecule has 0 fully saturated rings. The van der Waals surface area contributed by atoms with Crippen LogP contribution in [-0.2, 0) is 4.79 Å². The van der Waals surface area contributed by atoms with E-state index in [-0.39, 0.29) is 5.78 Å². The van der Waals surface area contributed by atoms with Gasteiger partial charge < -0.3 is 4.79 Å². The summed E-state index contributed by atoms with van der Waals surface area (Å²) in [5.41, 5.74) is 1.32. The van der Waals surface area contributed by atoms with Crippen molar-refractivity contribution in [1.82, 2.24) is 0 Å². The molecule has 24 heavy (non-hydrogen) atoms. The first-order chi connectivity index (χ1) is 11.0. The van der Waals surface area contributed by atoms with Crippen LogP contribution in [0, 0.1) is 18.8 Å². The summed E-state index contributed by atoms with van der Waals surface area (Å²) in [7, 11) is 2.66. The molecule has 0 amide bonds. The number of Topliss-reactive ketones (excluding diaryl/α,β-unsaturated/α-hetero) is 1. The van der Waals surface area contributed by atoms with Gasteiger partial charge in [-0.2, -0.15) is 0 Å². The first-order valence-electron chi connectivity index (χ1n) is 9.32. The minimum absolute atomic E-state index is 0.167. The predicted molar refractivity (Wildman–Crippen MR) is 116 cm³/mol. The van der Waals surface area contributed by atoms with Crippen LogP contribution in [0.3, 0.4) is 0 Å². The molecule has 0 N–H and O–H groups in total. The van der Waals surface area contributed by atoms with Crippen LogP contribution in [0.1, 0.15) is 86.6 Å². The molecule has 2 heteroatoms. The summed E-state index contributed by atoms with van der Waals surface area (Å²) in [5.74, 6) is 1.90.